The van der Waals surface area contributed by atoms with E-state index >= 15 is 0 Å². The van der Waals surface area contributed by atoms with E-state index in [1.54, 1.807) is 18.2 Å². The maximum absolute atomic E-state index is 13.2. The molecule has 1 aliphatic carbocycles. The van der Waals surface area contributed by atoms with Crippen LogP contribution in [0.15, 0.2) is 22.7 Å². The molecular weight excluding hydrogens is 304 g/mol. The van der Waals surface area contributed by atoms with Gasteiger partial charge in [-0.2, -0.15) is 0 Å². The minimum absolute atomic E-state index is 0.00544. The molecule has 0 aliphatic heterocycles. The van der Waals surface area contributed by atoms with E-state index in [9.17, 15) is 8.78 Å². The summed E-state index contributed by atoms with van der Waals surface area (Å²) in [5.41, 5.74) is 6.26. The summed E-state index contributed by atoms with van der Waals surface area (Å²) in [5.74, 6) is -2.00. The first-order chi connectivity index (χ1) is 8.46. The predicted octanol–water partition coefficient (Wildman–Crippen LogP) is 4.24. The Hall–Kier alpha value is -0.840. The second kappa shape index (κ2) is 5.43. The van der Waals surface area contributed by atoms with Crippen LogP contribution in [0.4, 0.5) is 14.5 Å². The number of rotatable bonds is 3. The van der Waals surface area contributed by atoms with Gasteiger partial charge in [-0.15, -0.1) is 0 Å². The van der Waals surface area contributed by atoms with Crippen molar-refractivity contribution in [3.05, 3.63) is 22.7 Å². The van der Waals surface area contributed by atoms with Gasteiger partial charge >= 0.3 is 0 Å². The minimum Gasteiger partial charge on any atom is -0.492 e. The molecule has 1 saturated carbocycles. The van der Waals surface area contributed by atoms with Crippen LogP contribution in [0, 0.1) is 5.92 Å². The lowest BCUT2D eigenvalue weighted by molar-refractivity contribution is -0.0585. The Bertz CT molecular complexity index is 425. The molecule has 100 valence electrons. The SMILES string of the molecule is Nc1ccc(Br)c(OCC2CCCC(F)(F)C2)c1. The largest absolute Gasteiger partial charge is 0.492 e. The van der Waals surface area contributed by atoms with E-state index in [1.807, 2.05) is 0 Å². The van der Waals surface area contributed by atoms with Gasteiger partial charge in [-0.1, -0.05) is 0 Å². The van der Waals surface area contributed by atoms with Gasteiger partial charge in [-0.25, -0.2) is 8.78 Å². The average Bonchev–Trinajstić information content (AvgIpc) is 2.29. The second-order valence-electron chi connectivity index (χ2n) is 4.82. The molecule has 1 aromatic rings. The van der Waals surface area contributed by atoms with Gasteiger partial charge in [0.1, 0.15) is 5.75 Å². The number of ether oxygens (including phenoxy) is 1. The third-order valence-electron chi connectivity index (χ3n) is 3.17. The van der Waals surface area contributed by atoms with Gasteiger partial charge in [0.2, 0.25) is 5.92 Å². The van der Waals surface area contributed by atoms with Gasteiger partial charge < -0.3 is 10.5 Å². The van der Waals surface area contributed by atoms with Crippen LogP contribution in [0.5, 0.6) is 5.75 Å². The van der Waals surface area contributed by atoms with Crippen molar-refractivity contribution in [3.8, 4) is 5.75 Å². The lowest BCUT2D eigenvalue weighted by Crippen LogP contribution is -2.29. The van der Waals surface area contributed by atoms with Crippen molar-refractivity contribution >= 4 is 21.6 Å². The smallest absolute Gasteiger partial charge is 0.248 e. The number of halogens is 3. The molecule has 0 aromatic heterocycles. The monoisotopic (exact) mass is 319 g/mol. The molecule has 0 bridgehead atoms. The number of anilines is 1. The normalized spacial score (nSPS) is 22.7. The summed E-state index contributed by atoms with van der Waals surface area (Å²) in [6.07, 6.45) is 1.30. The Morgan fingerprint density at radius 3 is 2.94 bits per heavy atom. The molecule has 0 heterocycles. The zero-order chi connectivity index (χ0) is 13.2. The molecule has 1 aliphatic rings. The molecule has 1 aromatic carbocycles. The first-order valence-corrected chi connectivity index (χ1v) is 6.81. The van der Waals surface area contributed by atoms with Crippen molar-refractivity contribution in [3.63, 3.8) is 0 Å². The van der Waals surface area contributed by atoms with E-state index in [1.165, 1.54) is 0 Å². The van der Waals surface area contributed by atoms with E-state index in [0.717, 1.165) is 10.9 Å². The molecule has 2 rings (SSSR count). The first-order valence-electron chi connectivity index (χ1n) is 6.02. The third-order valence-corrected chi connectivity index (χ3v) is 3.83. The number of hydrogen-bond acceptors (Lipinski definition) is 2. The van der Waals surface area contributed by atoms with Crippen LogP contribution < -0.4 is 10.5 Å². The van der Waals surface area contributed by atoms with Crippen molar-refractivity contribution in [2.45, 2.75) is 31.6 Å². The van der Waals surface area contributed by atoms with Crippen LogP contribution in [0.3, 0.4) is 0 Å². The summed E-state index contributed by atoms with van der Waals surface area (Å²) in [6, 6.07) is 5.25. The van der Waals surface area contributed by atoms with Gasteiger partial charge in [-0.3, -0.25) is 0 Å². The Morgan fingerprint density at radius 2 is 2.22 bits per heavy atom. The van der Waals surface area contributed by atoms with Crippen LogP contribution in [0.1, 0.15) is 25.7 Å². The molecule has 0 spiro atoms. The van der Waals surface area contributed by atoms with Crippen molar-refractivity contribution in [2.24, 2.45) is 5.92 Å². The minimum atomic E-state index is -2.53. The average molecular weight is 320 g/mol. The summed E-state index contributed by atoms with van der Waals surface area (Å²) >= 11 is 3.35. The molecule has 18 heavy (non-hydrogen) atoms. The number of benzene rings is 1. The lowest BCUT2D eigenvalue weighted by atomic mass is 9.87. The number of nitrogen functional groups attached to an aromatic ring is 1. The van der Waals surface area contributed by atoms with Crippen molar-refractivity contribution in [1.82, 2.24) is 0 Å². The lowest BCUT2D eigenvalue weighted by Gasteiger charge is -2.28. The number of nitrogens with two attached hydrogens (primary N) is 1. The van der Waals surface area contributed by atoms with E-state index in [2.05, 4.69) is 15.9 Å². The molecule has 1 unspecified atom stereocenters. The van der Waals surface area contributed by atoms with Gasteiger partial charge in [0.15, 0.2) is 0 Å². The number of alkyl halides is 2. The summed E-state index contributed by atoms with van der Waals surface area (Å²) < 4.78 is 32.9. The fourth-order valence-corrected chi connectivity index (χ4v) is 2.62. The topological polar surface area (TPSA) is 35.2 Å². The summed E-state index contributed by atoms with van der Waals surface area (Å²) in [6.45, 7) is 0.317. The van der Waals surface area contributed by atoms with Crippen molar-refractivity contribution in [1.29, 1.82) is 0 Å². The molecule has 2 N–H and O–H groups in total. The maximum atomic E-state index is 13.2. The number of hydrogen-bond donors (Lipinski definition) is 1. The van der Waals surface area contributed by atoms with Gasteiger partial charge in [0, 0.05) is 24.6 Å². The first kappa shape index (κ1) is 13.6. The Morgan fingerprint density at radius 1 is 1.44 bits per heavy atom. The highest BCUT2D eigenvalue weighted by Gasteiger charge is 2.36. The van der Waals surface area contributed by atoms with Crippen LogP contribution in [0.2, 0.25) is 0 Å². The molecule has 0 saturated heterocycles. The van der Waals surface area contributed by atoms with Crippen LogP contribution in [-0.2, 0) is 0 Å². The molecule has 2 nitrogen and oxygen atoms in total. The fraction of sp³-hybridized carbons (Fsp3) is 0.538. The highest BCUT2D eigenvalue weighted by atomic mass is 79.9. The Labute approximate surface area is 114 Å². The summed E-state index contributed by atoms with van der Waals surface area (Å²) in [5, 5.41) is 0. The molecule has 5 heteroatoms. The second-order valence-corrected chi connectivity index (χ2v) is 5.67. The van der Waals surface area contributed by atoms with Crippen LogP contribution in [0.25, 0.3) is 0 Å². The van der Waals surface area contributed by atoms with Crippen molar-refractivity contribution in [2.75, 3.05) is 12.3 Å². The third kappa shape index (κ3) is 3.57. The summed E-state index contributed by atoms with van der Waals surface area (Å²) in [7, 11) is 0. The summed E-state index contributed by atoms with van der Waals surface area (Å²) in [4.78, 5) is 0. The highest BCUT2D eigenvalue weighted by Crippen LogP contribution is 2.37. The zero-order valence-corrected chi connectivity index (χ0v) is 11.6. The molecule has 0 amide bonds. The molecule has 1 fully saturated rings. The van der Waals surface area contributed by atoms with Gasteiger partial charge in [-0.05, 0) is 46.8 Å². The van der Waals surface area contributed by atoms with E-state index in [0.29, 0.717) is 24.5 Å². The van der Waals surface area contributed by atoms with Crippen LogP contribution in [-0.4, -0.2) is 12.5 Å². The van der Waals surface area contributed by atoms with E-state index in [-0.39, 0.29) is 18.8 Å². The highest BCUT2D eigenvalue weighted by molar-refractivity contribution is 9.10. The maximum Gasteiger partial charge on any atom is 0.248 e. The fourth-order valence-electron chi connectivity index (χ4n) is 2.26. The van der Waals surface area contributed by atoms with Crippen LogP contribution >= 0.6 is 15.9 Å². The molecular formula is C13H16BrF2NO. The predicted molar refractivity (Wildman–Crippen MR) is 71.0 cm³/mol. The van der Waals surface area contributed by atoms with E-state index in [4.69, 9.17) is 10.5 Å². The Kier molecular flexibility index (Phi) is 4.10. The Balaban J connectivity index is 1.93. The quantitative estimate of drug-likeness (QED) is 0.846. The molecule has 1 atom stereocenters. The van der Waals surface area contributed by atoms with Gasteiger partial charge in [0.25, 0.3) is 0 Å². The van der Waals surface area contributed by atoms with E-state index < -0.39 is 5.92 Å². The zero-order valence-electron chi connectivity index (χ0n) is 9.96. The standard InChI is InChI=1S/C13H16BrF2NO/c14-11-4-3-10(17)6-12(11)18-8-9-2-1-5-13(15,16)7-9/h3-4,6,9H,1-2,5,7-8,17H2. The van der Waals surface area contributed by atoms with Gasteiger partial charge in [0.05, 0.1) is 11.1 Å². The van der Waals surface area contributed by atoms with Crippen molar-refractivity contribution < 1.29 is 13.5 Å². The molecule has 0 radical (unpaired) electrons.